The van der Waals surface area contributed by atoms with Crippen molar-refractivity contribution in [3.8, 4) is 16.9 Å². The van der Waals surface area contributed by atoms with Gasteiger partial charge in [0.25, 0.3) is 0 Å². The van der Waals surface area contributed by atoms with Crippen LogP contribution < -0.4 is 9.64 Å². The maximum Gasteiger partial charge on any atom is 0.192 e. The number of Topliss-reactive ketones (excluding diaryl/α,β-unsaturated/α-hetero) is 1. The van der Waals surface area contributed by atoms with Crippen LogP contribution in [0.4, 0.5) is 10.2 Å². The molecule has 1 saturated heterocycles. The summed E-state index contributed by atoms with van der Waals surface area (Å²) in [5.41, 5.74) is 1.62. The highest BCUT2D eigenvalue weighted by molar-refractivity contribution is 6.74. The zero-order valence-corrected chi connectivity index (χ0v) is 19.0. The maximum atomic E-state index is 15.3. The fourth-order valence-corrected chi connectivity index (χ4v) is 3.84. The monoisotopic (exact) mass is 416 g/mol. The Morgan fingerprint density at radius 1 is 1.24 bits per heavy atom. The van der Waals surface area contributed by atoms with Crippen LogP contribution in [0.2, 0.25) is 18.1 Å². The number of pyridine rings is 1. The van der Waals surface area contributed by atoms with Crippen molar-refractivity contribution in [2.24, 2.45) is 0 Å². The summed E-state index contributed by atoms with van der Waals surface area (Å²) in [7, 11) is -0.430. The molecule has 0 bridgehead atoms. The lowest BCUT2D eigenvalue weighted by atomic mass is 10.0. The zero-order valence-electron chi connectivity index (χ0n) is 18.0. The topological polar surface area (TPSA) is 51.7 Å². The first kappa shape index (κ1) is 21.5. The number of carbonyl (C=O) groups excluding carboxylic acids is 1. The summed E-state index contributed by atoms with van der Waals surface area (Å²) >= 11 is 0. The van der Waals surface area contributed by atoms with E-state index in [2.05, 4.69) is 38.8 Å². The van der Waals surface area contributed by atoms with Gasteiger partial charge in [-0.25, -0.2) is 9.37 Å². The number of ketones is 1. The Labute approximate surface area is 173 Å². The highest BCUT2D eigenvalue weighted by atomic mass is 28.4. The zero-order chi connectivity index (χ0) is 21.4. The predicted molar refractivity (Wildman–Crippen MR) is 115 cm³/mol. The molecule has 0 atom stereocenters. The number of hydrogen-bond donors (Lipinski definition) is 0. The molecule has 3 rings (SSSR count). The van der Waals surface area contributed by atoms with Crippen LogP contribution in [-0.4, -0.2) is 39.3 Å². The van der Waals surface area contributed by atoms with E-state index in [-0.39, 0.29) is 23.2 Å². The summed E-state index contributed by atoms with van der Waals surface area (Å²) in [6.07, 6.45) is 1.62. The van der Waals surface area contributed by atoms with Gasteiger partial charge in [0, 0.05) is 22.9 Å². The van der Waals surface area contributed by atoms with Crippen LogP contribution in [0.15, 0.2) is 30.5 Å². The summed E-state index contributed by atoms with van der Waals surface area (Å²) in [5, 5.41) is 0.0619. The second kappa shape index (κ2) is 7.87. The lowest BCUT2D eigenvalue weighted by Crippen LogP contribution is -2.47. The fraction of sp³-hybridized carbons (Fsp3) is 0.455. The van der Waals surface area contributed by atoms with Crippen molar-refractivity contribution in [1.29, 1.82) is 0 Å². The van der Waals surface area contributed by atoms with Gasteiger partial charge in [0.2, 0.25) is 0 Å². The van der Waals surface area contributed by atoms with Gasteiger partial charge in [-0.3, -0.25) is 4.79 Å². The van der Waals surface area contributed by atoms with Crippen molar-refractivity contribution >= 4 is 19.9 Å². The minimum atomic E-state index is -1.98. The van der Waals surface area contributed by atoms with Gasteiger partial charge in [0.05, 0.1) is 26.8 Å². The van der Waals surface area contributed by atoms with Crippen LogP contribution in [0.3, 0.4) is 0 Å². The molecule has 156 valence electrons. The number of aromatic nitrogens is 1. The Balaban J connectivity index is 1.86. The first-order valence-corrected chi connectivity index (χ1v) is 12.7. The molecule has 0 radical (unpaired) electrons. The standard InChI is InChI=1S/C22H29FN2O3Si/c1-22(2,3)29(5,6)28-14-15-8-7-9-18(20(15)23)16-10-19(27-4)21(24-11-16)25-12-17(26)13-25/h7-11H,12-14H2,1-6H3. The molecule has 0 aliphatic carbocycles. The number of anilines is 1. The first-order chi connectivity index (χ1) is 13.5. The Hall–Kier alpha value is -2.25. The Bertz CT molecular complexity index is 917. The van der Waals surface area contributed by atoms with E-state index in [4.69, 9.17) is 9.16 Å². The number of carbonyl (C=O) groups is 1. The Morgan fingerprint density at radius 3 is 2.52 bits per heavy atom. The van der Waals surface area contributed by atoms with Gasteiger partial charge in [0.15, 0.2) is 25.7 Å². The minimum absolute atomic E-state index is 0.0619. The van der Waals surface area contributed by atoms with Crippen LogP contribution in [0.5, 0.6) is 5.75 Å². The van der Waals surface area contributed by atoms with Gasteiger partial charge in [-0.15, -0.1) is 0 Å². The summed E-state index contributed by atoms with van der Waals surface area (Å²) in [6.45, 7) is 11.7. The number of nitrogens with zero attached hydrogens (tertiary/aromatic N) is 2. The first-order valence-electron chi connectivity index (χ1n) is 9.76. The molecule has 2 aromatic rings. The van der Waals surface area contributed by atoms with E-state index in [9.17, 15) is 4.79 Å². The molecule has 0 N–H and O–H groups in total. The molecule has 1 aromatic carbocycles. The molecule has 7 heteroatoms. The van der Waals surface area contributed by atoms with Crippen LogP contribution in [0.25, 0.3) is 11.1 Å². The molecule has 29 heavy (non-hydrogen) atoms. The van der Waals surface area contributed by atoms with E-state index in [1.807, 2.05) is 11.0 Å². The molecule has 1 aromatic heterocycles. The molecule has 1 fully saturated rings. The summed E-state index contributed by atoms with van der Waals surface area (Å²) in [4.78, 5) is 17.5. The van der Waals surface area contributed by atoms with E-state index in [1.165, 1.54) is 0 Å². The second-order valence-corrected chi connectivity index (χ2v) is 13.8. The lowest BCUT2D eigenvalue weighted by molar-refractivity contribution is -0.119. The van der Waals surface area contributed by atoms with Crippen molar-refractivity contribution in [2.75, 3.05) is 25.1 Å². The molecule has 1 aliphatic rings. The summed E-state index contributed by atoms with van der Waals surface area (Å²) < 4.78 is 26.9. The van der Waals surface area contributed by atoms with Crippen LogP contribution in [0.1, 0.15) is 26.3 Å². The van der Waals surface area contributed by atoms with Crippen molar-refractivity contribution < 1.29 is 18.3 Å². The van der Waals surface area contributed by atoms with Crippen LogP contribution in [-0.2, 0) is 15.8 Å². The summed E-state index contributed by atoms with van der Waals surface area (Å²) in [5.74, 6) is 0.992. The Kier molecular flexibility index (Phi) is 5.83. The van der Waals surface area contributed by atoms with Gasteiger partial charge >= 0.3 is 0 Å². The average molecular weight is 417 g/mol. The third kappa shape index (κ3) is 4.35. The van der Waals surface area contributed by atoms with Crippen molar-refractivity contribution in [2.45, 2.75) is 45.5 Å². The number of rotatable bonds is 6. The number of hydrogen-bond acceptors (Lipinski definition) is 5. The SMILES string of the molecule is COc1cc(-c2cccc(CO[Si](C)(C)C(C)(C)C)c2F)cnc1N1CC(=O)C1. The van der Waals surface area contributed by atoms with Gasteiger partial charge in [-0.05, 0) is 24.2 Å². The molecule has 1 aliphatic heterocycles. The van der Waals surface area contributed by atoms with Gasteiger partial charge in [0.1, 0.15) is 5.82 Å². The predicted octanol–water partition coefficient (Wildman–Crippen LogP) is 4.81. The normalized spacial score (nSPS) is 14.7. The highest BCUT2D eigenvalue weighted by Gasteiger charge is 2.37. The van der Waals surface area contributed by atoms with Crippen LogP contribution >= 0.6 is 0 Å². The number of benzene rings is 1. The van der Waals surface area contributed by atoms with E-state index >= 15 is 4.39 Å². The van der Waals surface area contributed by atoms with Crippen LogP contribution in [0, 0.1) is 5.82 Å². The largest absolute Gasteiger partial charge is 0.493 e. The smallest absolute Gasteiger partial charge is 0.192 e. The second-order valence-electron chi connectivity index (χ2n) is 8.97. The number of methoxy groups -OCH3 is 1. The van der Waals surface area contributed by atoms with Crippen molar-refractivity contribution in [3.63, 3.8) is 0 Å². The molecule has 5 nitrogen and oxygen atoms in total. The average Bonchev–Trinajstić information content (AvgIpc) is 2.63. The third-order valence-electron chi connectivity index (χ3n) is 5.87. The van der Waals surface area contributed by atoms with E-state index in [1.54, 1.807) is 31.5 Å². The highest BCUT2D eigenvalue weighted by Crippen LogP contribution is 2.38. The van der Waals surface area contributed by atoms with E-state index in [0.29, 0.717) is 41.3 Å². The quantitative estimate of drug-likeness (QED) is 0.633. The molecular weight excluding hydrogens is 387 g/mol. The van der Waals surface area contributed by atoms with E-state index in [0.717, 1.165) is 0 Å². The number of halogens is 1. The molecular formula is C22H29FN2O3Si. The molecule has 0 amide bonds. The lowest BCUT2D eigenvalue weighted by Gasteiger charge is -2.36. The van der Waals surface area contributed by atoms with Gasteiger partial charge in [-0.1, -0.05) is 39.0 Å². The third-order valence-corrected chi connectivity index (χ3v) is 10.3. The Morgan fingerprint density at radius 2 is 1.93 bits per heavy atom. The van der Waals surface area contributed by atoms with Gasteiger partial charge < -0.3 is 14.1 Å². The maximum absolute atomic E-state index is 15.3. The fourth-order valence-electron chi connectivity index (χ4n) is 2.89. The molecule has 0 saturated carbocycles. The van der Waals surface area contributed by atoms with Crippen molar-refractivity contribution in [1.82, 2.24) is 4.98 Å². The number of ether oxygens (including phenoxy) is 1. The van der Waals surface area contributed by atoms with Gasteiger partial charge in [-0.2, -0.15) is 0 Å². The minimum Gasteiger partial charge on any atom is -0.493 e. The molecule has 2 heterocycles. The summed E-state index contributed by atoms with van der Waals surface area (Å²) in [6, 6.07) is 7.09. The van der Waals surface area contributed by atoms with E-state index < -0.39 is 8.32 Å². The molecule has 0 unspecified atom stereocenters. The van der Waals surface area contributed by atoms with Crippen molar-refractivity contribution in [3.05, 3.63) is 41.8 Å². The molecule has 0 spiro atoms.